The number of thiazole rings is 1. The lowest BCUT2D eigenvalue weighted by Crippen LogP contribution is -2.24. The number of nitrogens with zero attached hydrogens (tertiary/aromatic N) is 3. The molecule has 0 saturated carbocycles. The summed E-state index contributed by atoms with van der Waals surface area (Å²) in [6, 6.07) is 7.15. The number of hydrogen-bond donors (Lipinski definition) is 1. The van der Waals surface area contributed by atoms with Crippen molar-refractivity contribution >= 4 is 28.6 Å². The van der Waals surface area contributed by atoms with Crippen molar-refractivity contribution in [3.63, 3.8) is 0 Å². The van der Waals surface area contributed by atoms with E-state index in [0.717, 1.165) is 23.1 Å². The summed E-state index contributed by atoms with van der Waals surface area (Å²) in [5.41, 5.74) is 2.44. The van der Waals surface area contributed by atoms with Gasteiger partial charge in [0.1, 0.15) is 0 Å². The number of carbonyl (C=O) groups excluding carboxylic acids is 1. The minimum atomic E-state index is -0.351. The lowest BCUT2D eigenvalue weighted by atomic mass is 10.3. The predicted molar refractivity (Wildman–Crippen MR) is 99.9 cm³/mol. The van der Waals surface area contributed by atoms with Crippen LogP contribution in [0.15, 0.2) is 35.6 Å². The molecule has 8 heteroatoms. The summed E-state index contributed by atoms with van der Waals surface area (Å²) in [5, 5.41) is 4.88. The third-order valence-corrected chi connectivity index (χ3v) is 4.35. The van der Waals surface area contributed by atoms with Crippen molar-refractivity contribution in [1.82, 2.24) is 10.4 Å². The molecule has 0 bridgehead atoms. The molecule has 1 N–H and O–H groups in total. The summed E-state index contributed by atoms with van der Waals surface area (Å²) in [7, 11) is 1.55. The molecule has 0 fully saturated rings. The molecule has 0 unspecified atom stereocenters. The van der Waals surface area contributed by atoms with Crippen LogP contribution in [0, 0.1) is 0 Å². The fourth-order valence-corrected chi connectivity index (χ4v) is 2.97. The maximum absolute atomic E-state index is 11.8. The number of anilines is 1. The quantitative estimate of drug-likeness (QED) is 0.548. The molecular formula is C17H22N4O3S. The SMILES string of the molecule is CCN(CC)c1ncc(/C=N\NC(=O)COc2ccccc2OC)s1. The van der Waals surface area contributed by atoms with Gasteiger partial charge in [-0.1, -0.05) is 23.5 Å². The van der Waals surface area contributed by atoms with Gasteiger partial charge in [0, 0.05) is 19.3 Å². The van der Waals surface area contributed by atoms with Crippen LogP contribution in [-0.4, -0.2) is 43.9 Å². The molecule has 0 aliphatic heterocycles. The van der Waals surface area contributed by atoms with Crippen molar-refractivity contribution in [2.45, 2.75) is 13.8 Å². The molecule has 7 nitrogen and oxygen atoms in total. The van der Waals surface area contributed by atoms with E-state index >= 15 is 0 Å². The molecule has 1 aromatic carbocycles. The van der Waals surface area contributed by atoms with E-state index in [4.69, 9.17) is 9.47 Å². The van der Waals surface area contributed by atoms with Crippen molar-refractivity contribution in [1.29, 1.82) is 0 Å². The van der Waals surface area contributed by atoms with Crippen LogP contribution in [0.5, 0.6) is 11.5 Å². The lowest BCUT2D eigenvalue weighted by molar-refractivity contribution is -0.123. The summed E-state index contributed by atoms with van der Waals surface area (Å²) < 4.78 is 10.6. The number of aromatic nitrogens is 1. The number of hydrogen-bond acceptors (Lipinski definition) is 7. The molecule has 0 radical (unpaired) electrons. The number of benzene rings is 1. The molecular weight excluding hydrogens is 340 g/mol. The molecule has 25 heavy (non-hydrogen) atoms. The van der Waals surface area contributed by atoms with Crippen molar-refractivity contribution in [3.8, 4) is 11.5 Å². The topological polar surface area (TPSA) is 76.1 Å². The fourth-order valence-electron chi connectivity index (χ4n) is 2.06. The summed E-state index contributed by atoms with van der Waals surface area (Å²) in [5.74, 6) is 0.735. The van der Waals surface area contributed by atoms with Crippen LogP contribution < -0.4 is 19.8 Å². The zero-order chi connectivity index (χ0) is 18.1. The van der Waals surface area contributed by atoms with Crippen molar-refractivity contribution in [3.05, 3.63) is 35.3 Å². The second-order valence-corrected chi connectivity index (χ2v) is 5.99. The first-order chi connectivity index (χ1) is 12.2. The Balaban J connectivity index is 1.82. The molecule has 1 heterocycles. The number of para-hydroxylation sites is 2. The number of methoxy groups -OCH3 is 1. The van der Waals surface area contributed by atoms with E-state index in [0.29, 0.717) is 11.5 Å². The minimum Gasteiger partial charge on any atom is -0.493 e. The smallest absolute Gasteiger partial charge is 0.277 e. The van der Waals surface area contributed by atoms with Gasteiger partial charge >= 0.3 is 0 Å². The molecule has 0 atom stereocenters. The Morgan fingerprint density at radius 1 is 1.32 bits per heavy atom. The normalized spacial score (nSPS) is 10.7. The Labute approximate surface area is 151 Å². The summed E-state index contributed by atoms with van der Waals surface area (Å²) >= 11 is 1.52. The lowest BCUT2D eigenvalue weighted by Gasteiger charge is -2.16. The highest BCUT2D eigenvalue weighted by Crippen LogP contribution is 2.25. The Kier molecular flexibility index (Phi) is 7.21. The monoisotopic (exact) mass is 362 g/mol. The molecule has 0 aliphatic rings. The van der Waals surface area contributed by atoms with Gasteiger partial charge in [-0.25, -0.2) is 10.4 Å². The van der Waals surface area contributed by atoms with E-state index in [1.165, 1.54) is 11.3 Å². The highest BCUT2D eigenvalue weighted by Gasteiger charge is 2.07. The van der Waals surface area contributed by atoms with Crippen LogP contribution in [0.4, 0.5) is 5.13 Å². The van der Waals surface area contributed by atoms with Gasteiger partial charge in [-0.3, -0.25) is 4.79 Å². The Bertz CT molecular complexity index is 713. The van der Waals surface area contributed by atoms with Gasteiger partial charge < -0.3 is 14.4 Å². The van der Waals surface area contributed by atoms with Gasteiger partial charge in [0.2, 0.25) is 0 Å². The molecule has 2 rings (SSSR count). The third kappa shape index (κ3) is 5.46. The average molecular weight is 362 g/mol. The first kappa shape index (κ1) is 18.7. The number of ether oxygens (including phenoxy) is 2. The Hall–Kier alpha value is -2.61. The van der Waals surface area contributed by atoms with Crippen molar-refractivity contribution in [2.24, 2.45) is 5.10 Å². The zero-order valence-corrected chi connectivity index (χ0v) is 15.4. The van der Waals surface area contributed by atoms with E-state index in [2.05, 4.69) is 34.3 Å². The molecule has 0 spiro atoms. The van der Waals surface area contributed by atoms with Gasteiger partial charge in [0.15, 0.2) is 23.2 Å². The van der Waals surface area contributed by atoms with Gasteiger partial charge in [0.05, 0.1) is 18.2 Å². The number of nitrogens with one attached hydrogen (secondary N) is 1. The summed E-state index contributed by atoms with van der Waals surface area (Å²) in [6.45, 7) is 5.82. The van der Waals surface area contributed by atoms with Crippen LogP contribution >= 0.6 is 11.3 Å². The molecule has 0 aliphatic carbocycles. The van der Waals surface area contributed by atoms with Gasteiger partial charge in [-0.2, -0.15) is 5.10 Å². The minimum absolute atomic E-state index is 0.148. The maximum Gasteiger partial charge on any atom is 0.277 e. The van der Waals surface area contributed by atoms with E-state index in [1.54, 1.807) is 31.7 Å². The van der Waals surface area contributed by atoms with E-state index in [1.807, 2.05) is 12.1 Å². The van der Waals surface area contributed by atoms with Crippen LogP contribution in [0.3, 0.4) is 0 Å². The second kappa shape index (κ2) is 9.63. The zero-order valence-electron chi connectivity index (χ0n) is 14.6. The first-order valence-corrected chi connectivity index (χ1v) is 8.78. The van der Waals surface area contributed by atoms with Crippen LogP contribution in [0.2, 0.25) is 0 Å². The van der Waals surface area contributed by atoms with E-state index < -0.39 is 0 Å². The van der Waals surface area contributed by atoms with Gasteiger partial charge in [0.25, 0.3) is 5.91 Å². The van der Waals surface area contributed by atoms with E-state index in [9.17, 15) is 4.79 Å². The average Bonchev–Trinajstić information content (AvgIpc) is 3.10. The predicted octanol–water partition coefficient (Wildman–Crippen LogP) is 2.53. The van der Waals surface area contributed by atoms with Crippen LogP contribution in [0.25, 0.3) is 0 Å². The third-order valence-electron chi connectivity index (χ3n) is 3.35. The Morgan fingerprint density at radius 3 is 2.72 bits per heavy atom. The van der Waals surface area contributed by atoms with Gasteiger partial charge in [-0.05, 0) is 26.0 Å². The Morgan fingerprint density at radius 2 is 2.04 bits per heavy atom. The maximum atomic E-state index is 11.8. The molecule has 2 aromatic rings. The fraction of sp³-hybridized carbons (Fsp3) is 0.353. The molecule has 134 valence electrons. The molecule has 0 saturated heterocycles. The summed E-state index contributed by atoms with van der Waals surface area (Å²) in [4.78, 5) is 19.2. The van der Waals surface area contributed by atoms with Crippen LogP contribution in [0.1, 0.15) is 18.7 Å². The highest BCUT2D eigenvalue weighted by atomic mass is 32.1. The second-order valence-electron chi connectivity index (χ2n) is 4.95. The highest BCUT2D eigenvalue weighted by molar-refractivity contribution is 7.17. The van der Waals surface area contributed by atoms with Gasteiger partial charge in [-0.15, -0.1) is 0 Å². The van der Waals surface area contributed by atoms with Crippen molar-refractivity contribution in [2.75, 3.05) is 31.7 Å². The standard InChI is InChI=1S/C17H22N4O3S/c1-4-21(5-2)17-18-10-13(25-17)11-19-20-16(22)12-24-15-9-7-6-8-14(15)23-3/h6-11H,4-5,12H2,1-3H3,(H,20,22)/b19-11-. The molecule has 1 amide bonds. The summed E-state index contributed by atoms with van der Waals surface area (Å²) in [6.07, 6.45) is 3.31. The van der Waals surface area contributed by atoms with Crippen molar-refractivity contribution < 1.29 is 14.3 Å². The number of amides is 1. The number of hydrazone groups is 1. The van der Waals surface area contributed by atoms with Crippen LogP contribution in [-0.2, 0) is 4.79 Å². The largest absolute Gasteiger partial charge is 0.493 e. The van der Waals surface area contributed by atoms with E-state index in [-0.39, 0.29) is 12.5 Å². The number of carbonyl (C=O) groups is 1. The first-order valence-electron chi connectivity index (χ1n) is 7.96. The number of rotatable bonds is 9. The molecule has 1 aromatic heterocycles.